The zero-order valence-corrected chi connectivity index (χ0v) is 15.3. The van der Waals surface area contributed by atoms with Gasteiger partial charge in [0.25, 0.3) is 5.91 Å². The number of H-pyrrole nitrogens is 1. The van der Waals surface area contributed by atoms with Crippen LogP contribution in [0.15, 0.2) is 54.7 Å². The summed E-state index contributed by atoms with van der Waals surface area (Å²) in [4.78, 5) is 16.6. The molecule has 3 nitrogen and oxygen atoms in total. The number of anilines is 1. The molecule has 4 aromatic rings. The molecule has 0 aliphatic heterocycles. The maximum Gasteiger partial charge on any atom is 0.265 e. The molecule has 0 radical (unpaired) electrons. The predicted molar refractivity (Wildman–Crippen MR) is 107 cm³/mol. The molecule has 4 rings (SSSR count). The van der Waals surface area contributed by atoms with E-state index in [-0.39, 0.29) is 11.3 Å². The van der Waals surface area contributed by atoms with Crippen molar-refractivity contribution in [2.24, 2.45) is 0 Å². The van der Waals surface area contributed by atoms with E-state index in [1.54, 1.807) is 11.3 Å². The van der Waals surface area contributed by atoms with Gasteiger partial charge in [-0.2, -0.15) is 0 Å². The van der Waals surface area contributed by atoms with Gasteiger partial charge >= 0.3 is 0 Å². The van der Waals surface area contributed by atoms with Crippen LogP contribution in [0, 0.1) is 0 Å². The lowest BCUT2D eigenvalue weighted by molar-refractivity contribution is 0.103. The quantitative estimate of drug-likeness (QED) is 0.463. The van der Waals surface area contributed by atoms with Crippen LogP contribution in [0.3, 0.4) is 0 Å². The Morgan fingerprint density at radius 3 is 2.72 bits per heavy atom. The number of carbonyl (C=O) groups excluding carboxylic acids is 1. The highest BCUT2D eigenvalue weighted by Gasteiger charge is 2.16. The fraction of sp³-hybridized carbons (Fsp3) is 0.190. The van der Waals surface area contributed by atoms with Gasteiger partial charge in [-0.3, -0.25) is 4.79 Å². The lowest BCUT2D eigenvalue weighted by Gasteiger charge is -2.18. The van der Waals surface area contributed by atoms with Crippen molar-refractivity contribution in [3.8, 4) is 0 Å². The first-order valence-corrected chi connectivity index (χ1v) is 9.15. The number of nitrogens with one attached hydrogen (secondary N) is 2. The molecular weight excluding hydrogens is 328 g/mol. The molecule has 2 heterocycles. The molecule has 0 aliphatic rings. The Bertz CT molecular complexity index is 1080. The van der Waals surface area contributed by atoms with Crippen molar-refractivity contribution < 1.29 is 4.79 Å². The third kappa shape index (κ3) is 2.94. The van der Waals surface area contributed by atoms with E-state index >= 15 is 0 Å². The first-order chi connectivity index (χ1) is 11.9. The van der Waals surface area contributed by atoms with E-state index in [1.807, 2.05) is 36.5 Å². The Hall–Kier alpha value is -2.59. The molecule has 0 fully saturated rings. The Morgan fingerprint density at radius 2 is 1.92 bits per heavy atom. The molecule has 0 aliphatic carbocycles. The van der Waals surface area contributed by atoms with Crippen LogP contribution in [-0.4, -0.2) is 10.9 Å². The third-order valence-corrected chi connectivity index (χ3v) is 5.55. The van der Waals surface area contributed by atoms with Gasteiger partial charge in [-0.05, 0) is 46.7 Å². The summed E-state index contributed by atoms with van der Waals surface area (Å²) in [5, 5.41) is 5.18. The monoisotopic (exact) mass is 348 g/mol. The Morgan fingerprint density at radius 1 is 1.08 bits per heavy atom. The molecule has 0 saturated heterocycles. The Kier molecular flexibility index (Phi) is 3.65. The maximum absolute atomic E-state index is 12.7. The van der Waals surface area contributed by atoms with Crippen molar-refractivity contribution in [1.29, 1.82) is 0 Å². The van der Waals surface area contributed by atoms with Crippen molar-refractivity contribution in [3.05, 3.63) is 65.2 Å². The lowest BCUT2D eigenvalue weighted by atomic mass is 9.87. The first-order valence-electron chi connectivity index (χ1n) is 8.33. The highest BCUT2D eigenvalue weighted by atomic mass is 32.1. The zero-order valence-electron chi connectivity index (χ0n) is 14.5. The number of hydrogen-bond donors (Lipinski definition) is 2. The van der Waals surface area contributed by atoms with Crippen LogP contribution >= 0.6 is 11.3 Å². The predicted octanol–water partition coefficient (Wildman–Crippen LogP) is 5.93. The molecule has 0 spiro atoms. The average Bonchev–Trinajstić information content (AvgIpc) is 3.20. The second-order valence-corrected chi connectivity index (χ2v) is 8.40. The molecule has 25 heavy (non-hydrogen) atoms. The van der Waals surface area contributed by atoms with E-state index < -0.39 is 0 Å². The highest BCUT2D eigenvalue weighted by Crippen LogP contribution is 2.32. The smallest absolute Gasteiger partial charge is 0.265 e. The number of fused-ring (bicyclic) bond motifs is 2. The van der Waals surface area contributed by atoms with Gasteiger partial charge in [0.15, 0.2) is 0 Å². The number of rotatable bonds is 2. The highest BCUT2D eigenvalue weighted by molar-refractivity contribution is 7.20. The molecule has 2 aromatic heterocycles. The first kappa shape index (κ1) is 15.9. The van der Waals surface area contributed by atoms with Crippen molar-refractivity contribution in [1.82, 2.24) is 4.98 Å². The SMILES string of the molecule is CC(C)(C)c1ccc2cc(C(=O)Nc3cccc4[nH]ccc34)sc2c1. The Balaban J connectivity index is 1.67. The lowest BCUT2D eigenvalue weighted by Crippen LogP contribution is -2.10. The van der Waals surface area contributed by atoms with Crippen LogP contribution in [-0.2, 0) is 5.41 Å². The van der Waals surface area contributed by atoms with Crippen LogP contribution in [0.5, 0.6) is 0 Å². The fourth-order valence-corrected chi connectivity index (χ4v) is 3.99. The molecule has 2 N–H and O–H groups in total. The molecule has 0 atom stereocenters. The normalized spacial score (nSPS) is 12.0. The molecule has 0 unspecified atom stereocenters. The maximum atomic E-state index is 12.7. The number of amides is 1. The van der Waals surface area contributed by atoms with Gasteiger partial charge < -0.3 is 10.3 Å². The summed E-state index contributed by atoms with van der Waals surface area (Å²) in [5.74, 6) is -0.0628. The number of benzene rings is 2. The van der Waals surface area contributed by atoms with Crippen molar-refractivity contribution in [2.45, 2.75) is 26.2 Å². The molecule has 1 amide bonds. The van der Waals surface area contributed by atoms with Crippen LogP contribution in [0.2, 0.25) is 0 Å². The second-order valence-electron chi connectivity index (χ2n) is 7.31. The largest absolute Gasteiger partial charge is 0.361 e. The van der Waals surface area contributed by atoms with E-state index in [2.05, 4.69) is 49.3 Å². The summed E-state index contributed by atoms with van der Waals surface area (Å²) in [7, 11) is 0. The molecule has 0 saturated carbocycles. The van der Waals surface area contributed by atoms with E-state index in [4.69, 9.17) is 0 Å². The Labute approximate surface area is 150 Å². The van der Waals surface area contributed by atoms with E-state index in [1.165, 1.54) is 5.56 Å². The van der Waals surface area contributed by atoms with Gasteiger partial charge in [-0.25, -0.2) is 0 Å². The standard InChI is InChI=1S/C21H20N2OS/c1-21(2,3)14-8-7-13-11-19(25-18(13)12-14)20(24)23-17-6-4-5-16-15(17)9-10-22-16/h4-12,22H,1-3H3,(H,23,24). The number of carbonyl (C=O) groups is 1. The topological polar surface area (TPSA) is 44.9 Å². The summed E-state index contributed by atoms with van der Waals surface area (Å²) in [5.41, 5.74) is 3.23. The summed E-state index contributed by atoms with van der Waals surface area (Å²) < 4.78 is 1.15. The minimum Gasteiger partial charge on any atom is -0.361 e. The number of aromatic nitrogens is 1. The van der Waals surface area contributed by atoms with Gasteiger partial charge in [0.2, 0.25) is 0 Å². The van der Waals surface area contributed by atoms with Gasteiger partial charge in [0.05, 0.1) is 10.6 Å². The van der Waals surface area contributed by atoms with E-state index in [0.717, 1.165) is 31.6 Å². The second kappa shape index (κ2) is 5.74. The van der Waals surface area contributed by atoms with Gasteiger partial charge in [-0.1, -0.05) is 39.0 Å². The molecule has 0 bridgehead atoms. The van der Waals surface area contributed by atoms with E-state index in [0.29, 0.717) is 0 Å². The van der Waals surface area contributed by atoms with Crippen LogP contribution < -0.4 is 5.32 Å². The summed E-state index contributed by atoms with van der Waals surface area (Å²) in [6.07, 6.45) is 1.88. The van der Waals surface area contributed by atoms with Crippen molar-refractivity contribution in [2.75, 3.05) is 5.32 Å². The summed E-state index contributed by atoms with van der Waals surface area (Å²) in [6, 6.07) is 16.3. The van der Waals surface area contributed by atoms with Crippen LogP contribution in [0.4, 0.5) is 5.69 Å². The molecule has 4 heteroatoms. The number of thiophene rings is 1. The van der Waals surface area contributed by atoms with Crippen molar-refractivity contribution in [3.63, 3.8) is 0 Å². The number of aromatic amines is 1. The summed E-state index contributed by atoms with van der Waals surface area (Å²) >= 11 is 1.54. The molecular formula is C21H20N2OS. The average molecular weight is 348 g/mol. The summed E-state index contributed by atoms with van der Waals surface area (Å²) in [6.45, 7) is 6.60. The van der Waals surface area contributed by atoms with Gasteiger partial charge in [0, 0.05) is 21.8 Å². The third-order valence-electron chi connectivity index (χ3n) is 4.45. The van der Waals surface area contributed by atoms with Gasteiger partial charge in [-0.15, -0.1) is 11.3 Å². The molecule has 126 valence electrons. The van der Waals surface area contributed by atoms with Gasteiger partial charge in [0.1, 0.15) is 0 Å². The number of hydrogen-bond acceptors (Lipinski definition) is 2. The minimum atomic E-state index is -0.0628. The van der Waals surface area contributed by atoms with Crippen LogP contribution in [0.25, 0.3) is 21.0 Å². The fourth-order valence-electron chi connectivity index (χ4n) is 2.99. The van der Waals surface area contributed by atoms with E-state index in [9.17, 15) is 4.79 Å². The minimum absolute atomic E-state index is 0.0628. The van der Waals surface area contributed by atoms with Crippen LogP contribution in [0.1, 0.15) is 36.0 Å². The molecule has 2 aromatic carbocycles. The van der Waals surface area contributed by atoms with Crippen molar-refractivity contribution >= 4 is 43.9 Å². The zero-order chi connectivity index (χ0) is 17.6.